The molecule has 0 aromatic carbocycles. The molecule has 2 aliphatic heterocycles. The summed E-state index contributed by atoms with van der Waals surface area (Å²) in [6.45, 7) is 5.25. The smallest absolute Gasteiger partial charge is 0.378 e. The Labute approximate surface area is 166 Å². The second-order valence-corrected chi connectivity index (χ2v) is 8.98. The quantitative estimate of drug-likeness (QED) is 0.780. The van der Waals surface area contributed by atoms with Gasteiger partial charge in [0, 0.05) is 48.7 Å². The molecule has 4 heterocycles. The van der Waals surface area contributed by atoms with Crippen LogP contribution in [0.5, 0.6) is 0 Å². The zero-order chi connectivity index (χ0) is 19.9. The standard InChI is InChI=1S/C21H23F3N4O/c1-11-17(21(22,23)24)4-13(5-25-11)18-8-28(20(26-18)12-2-3-12)19-15-6-27(7-16(15)19)14-9-29-10-14/h4-5,8,12,14-16,19H,2-3,6-7,9-10H2,1H3/t15-,16+,19?. The Kier molecular flexibility index (Phi) is 3.73. The van der Waals surface area contributed by atoms with E-state index in [1.807, 2.05) is 6.20 Å². The first-order chi connectivity index (χ1) is 13.9. The van der Waals surface area contributed by atoms with E-state index in [1.165, 1.54) is 19.2 Å². The van der Waals surface area contributed by atoms with Crippen LogP contribution in [0.25, 0.3) is 11.3 Å². The molecule has 3 atom stereocenters. The summed E-state index contributed by atoms with van der Waals surface area (Å²) in [6.07, 6.45) is 1.31. The molecular weight excluding hydrogens is 381 g/mol. The van der Waals surface area contributed by atoms with Crippen LogP contribution in [-0.2, 0) is 10.9 Å². The van der Waals surface area contributed by atoms with Crippen molar-refractivity contribution in [2.75, 3.05) is 26.3 Å². The number of ether oxygens (including phenoxy) is 1. The van der Waals surface area contributed by atoms with Gasteiger partial charge in [-0.15, -0.1) is 0 Å². The van der Waals surface area contributed by atoms with Gasteiger partial charge in [-0.25, -0.2) is 4.98 Å². The predicted molar refractivity (Wildman–Crippen MR) is 99.4 cm³/mol. The molecule has 2 aromatic rings. The van der Waals surface area contributed by atoms with Gasteiger partial charge >= 0.3 is 6.18 Å². The number of imidazole rings is 1. The van der Waals surface area contributed by atoms with Gasteiger partial charge in [-0.05, 0) is 37.7 Å². The number of alkyl halides is 3. The van der Waals surface area contributed by atoms with Crippen LogP contribution in [-0.4, -0.2) is 51.8 Å². The van der Waals surface area contributed by atoms with Gasteiger partial charge in [0.1, 0.15) is 5.82 Å². The van der Waals surface area contributed by atoms with Crippen LogP contribution >= 0.6 is 0 Å². The Bertz CT molecular complexity index is 951. The monoisotopic (exact) mass is 404 g/mol. The highest BCUT2D eigenvalue weighted by Crippen LogP contribution is 2.58. The summed E-state index contributed by atoms with van der Waals surface area (Å²) in [6, 6.07) is 2.20. The number of nitrogens with zero attached hydrogens (tertiary/aromatic N) is 4. The number of aromatic nitrogens is 3. The third-order valence-electron chi connectivity index (χ3n) is 7.03. The first kappa shape index (κ1) is 17.9. The normalized spacial score (nSPS) is 29.7. The summed E-state index contributed by atoms with van der Waals surface area (Å²) >= 11 is 0. The van der Waals surface area contributed by atoms with E-state index in [1.54, 1.807) is 0 Å². The third kappa shape index (κ3) is 2.91. The van der Waals surface area contributed by atoms with E-state index >= 15 is 0 Å². The molecule has 4 aliphatic rings. The average Bonchev–Trinajstić information content (AvgIpc) is 3.49. The summed E-state index contributed by atoms with van der Waals surface area (Å²) in [7, 11) is 0. The first-order valence-corrected chi connectivity index (χ1v) is 10.3. The van der Waals surface area contributed by atoms with E-state index in [0.717, 1.165) is 45.0 Å². The molecule has 2 saturated carbocycles. The van der Waals surface area contributed by atoms with Crippen LogP contribution in [0.3, 0.4) is 0 Å². The van der Waals surface area contributed by atoms with Gasteiger partial charge in [-0.1, -0.05) is 0 Å². The minimum atomic E-state index is -4.41. The van der Waals surface area contributed by atoms with E-state index < -0.39 is 11.7 Å². The molecule has 1 unspecified atom stereocenters. The van der Waals surface area contributed by atoms with Gasteiger partial charge in [-0.3, -0.25) is 9.88 Å². The Hall–Kier alpha value is -1.93. The van der Waals surface area contributed by atoms with Gasteiger partial charge in [0.25, 0.3) is 0 Å². The van der Waals surface area contributed by atoms with Gasteiger partial charge in [0.15, 0.2) is 0 Å². The van der Waals surface area contributed by atoms with Gasteiger partial charge in [0.2, 0.25) is 0 Å². The second kappa shape index (κ2) is 6.04. The highest BCUT2D eigenvalue weighted by atomic mass is 19.4. The van der Waals surface area contributed by atoms with E-state index in [4.69, 9.17) is 9.72 Å². The van der Waals surface area contributed by atoms with Crippen molar-refractivity contribution in [1.82, 2.24) is 19.4 Å². The van der Waals surface area contributed by atoms with E-state index in [-0.39, 0.29) is 5.69 Å². The van der Waals surface area contributed by atoms with Crippen molar-refractivity contribution in [3.05, 3.63) is 35.5 Å². The molecule has 6 rings (SSSR count). The molecule has 0 spiro atoms. The van der Waals surface area contributed by atoms with Crippen molar-refractivity contribution in [2.24, 2.45) is 11.8 Å². The van der Waals surface area contributed by atoms with Crippen molar-refractivity contribution >= 4 is 0 Å². The van der Waals surface area contributed by atoms with Crippen LogP contribution in [0, 0.1) is 18.8 Å². The van der Waals surface area contributed by atoms with Gasteiger partial charge in [0.05, 0.1) is 30.5 Å². The Balaban J connectivity index is 1.29. The van der Waals surface area contributed by atoms with E-state index in [2.05, 4.69) is 14.5 Å². The lowest BCUT2D eigenvalue weighted by Crippen LogP contribution is -2.49. The van der Waals surface area contributed by atoms with Crippen molar-refractivity contribution in [2.45, 2.75) is 43.9 Å². The lowest BCUT2D eigenvalue weighted by atomic mass is 10.1. The van der Waals surface area contributed by atoms with Crippen LogP contribution in [0.4, 0.5) is 13.2 Å². The fourth-order valence-corrected chi connectivity index (χ4v) is 5.06. The summed E-state index contributed by atoms with van der Waals surface area (Å²) in [5.74, 6) is 2.74. The summed E-state index contributed by atoms with van der Waals surface area (Å²) < 4.78 is 47.6. The van der Waals surface area contributed by atoms with Crippen LogP contribution in [0.2, 0.25) is 0 Å². The number of pyridine rings is 1. The molecule has 154 valence electrons. The van der Waals surface area contributed by atoms with Gasteiger partial charge < -0.3 is 9.30 Å². The van der Waals surface area contributed by atoms with Crippen molar-refractivity contribution in [1.29, 1.82) is 0 Å². The predicted octanol–water partition coefficient (Wildman–Crippen LogP) is 3.65. The fraction of sp³-hybridized carbons (Fsp3) is 0.619. The van der Waals surface area contributed by atoms with Crippen molar-refractivity contribution in [3.8, 4) is 11.3 Å². The lowest BCUT2D eigenvalue weighted by molar-refractivity contribution is -0.138. The van der Waals surface area contributed by atoms with Crippen molar-refractivity contribution < 1.29 is 17.9 Å². The largest absolute Gasteiger partial charge is 0.418 e. The molecule has 0 N–H and O–H groups in total. The number of halogens is 3. The molecule has 29 heavy (non-hydrogen) atoms. The maximum absolute atomic E-state index is 13.3. The summed E-state index contributed by atoms with van der Waals surface area (Å²) in [5.41, 5.74) is 0.376. The minimum absolute atomic E-state index is 0.000102. The van der Waals surface area contributed by atoms with Crippen LogP contribution < -0.4 is 0 Å². The summed E-state index contributed by atoms with van der Waals surface area (Å²) in [5, 5.41) is 0. The van der Waals surface area contributed by atoms with E-state index in [9.17, 15) is 13.2 Å². The minimum Gasteiger partial charge on any atom is -0.378 e. The Morgan fingerprint density at radius 1 is 1.14 bits per heavy atom. The number of fused-ring (bicyclic) bond motifs is 1. The van der Waals surface area contributed by atoms with Crippen LogP contribution in [0.1, 0.15) is 41.9 Å². The number of hydrogen-bond donors (Lipinski definition) is 0. The Morgan fingerprint density at radius 3 is 2.45 bits per heavy atom. The number of piperidine rings is 1. The number of rotatable bonds is 4. The summed E-state index contributed by atoms with van der Waals surface area (Å²) in [4.78, 5) is 11.3. The molecule has 2 aliphatic carbocycles. The SMILES string of the molecule is Cc1ncc(-c2cn(C3[C@H]4CN(C5COC5)C[C@@H]34)c(C3CC3)n2)cc1C(F)(F)F. The second-order valence-electron chi connectivity index (χ2n) is 8.98. The van der Waals surface area contributed by atoms with Gasteiger partial charge in [-0.2, -0.15) is 13.2 Å². The molecule has 0 bridgehead atoms. The molecule has 2 saturated heterocycles. The lowest BCUT2D eigenvalue weighted by Gasteiger charge is -2.36. The molecule has 4 fully saturated rings. The Morgan fingerprint density at radius 2 is 1.86 bits per heavy atom. The zero-order valence-electron chi connectivity index (χ0n) is 16.2. The molecule has 8 heteroatoms. The maximum atomic E-state index is 13.3. The number of hydrogen-bond acceptors (Lipinski definition) is 4. The average molecular weight is 404 g/mol. The highest BCUT2D eigenvalue weighted by Gasteiger charge is 2.59. The molecular formula is C21H23F3N4O. The van der Waals surface area contributed by atoms with Crippen LogP contribution in [0.15, 0.2) is 18.5 Å². The zero-order valence-corrected chi connectivity index (χ0v) is 16.2. The molecule has 0 amide bonds. The number of aryl methyl sites for hydroxylation is 1. The topological polar surface area (TPSA) is 43.2 Å². The van der Waals surface area contributed by atoms with E-state index in [0.29, 0.717) is 41.1 Å². The van der Waals surface area contributed by atoms with Crippen molar-refractivity contribution in [3.63, 3.8) is 0 Å². The fourth-order valence-electron chi connectivity index (χ4n) is 5.06. The third-order valence-corrected chi connectivity index (χ3v) is 7.03. The maximum Gasteiger partial charge on any atom is 0.418 e. The molecule has 0 radical (unpaired) electrons. The number of likely N-dealkylation sites (tertiary alicyclic amines) is 1. The molecule has 5 nitrogen and oxygen atoms in total. The highest BCUT2D eigenvalue weighted by molar-refractivity contribution is 5.59. The first-order valence-electron chi connectivity index (χ1n) is 10.3. The molecule has 2 aromatic heterocycles.